The number of aliphatic hydroxyl groups is 4. The molecule has 0 aliphatic rings. The van der Waals surface area contributed by atoms with Crippen LogP contribution in [0.1, 0.15) is 335 Å². The Morgan fingerprint density at radius 2 is 0.621 bits per heavy atom. The maximum atomic E-state index is 12.6. The summed E-state index contributed by atoms with van der Waals surface area (Å²) in [6.07, 6.45) is 65.9. The molecule has 394 valence electrons. The minimum Gasteiger partial charge on any atom is -0.394 e. The van der Waals surface area contributed by atoms with Gasteiger partial charge in [-0.05, 0) is 38.5 Å². The summed E-state index contributed by atoms with van der Waals surface area (Å²) in [5.41, 5.74) is 0. The van der Waals surface area contributed by atoms with Crippen LogP contribution in [0.3, 0.4) is 0 Å². The third-order valence-electron chi connectivity index (χ3n) is 14.5. The van der Waals surface area contributed by atoms with Crippen molar-refractivity contribution in [1.29, 1.82) is 0 Å². The Morgan fingerprint density at radius 3 is 0.909 bits per heavy atom. The summed E-state index contributed by atoms with van der Waals surface area (Å²) < 4.78 is 0. The van der Waals surface area contributed by atoms with Crippen LogP contribution >= 0.6 is 0 Å². The van der Waals surface area contributed by atoms with Crippen molar-refractivity contribution < 1.29 is 25.2 Å². The molecule has 1 amide bonds. The van der Waals surface area contributed by atoms with Crippen molar-refractivity contribution in [1.82, 2.24) is 5.32 Å². The number of unbranched alkanes of at least 4 members (excludes halogenated alkanes) is 45. The highest BCUT2D eigenvalue weighted by atomic mass is 16.3. The second-order valence-electron chi connectivity index (χ2n) is 21.1. The van der Waals surface area contributed by atoms with Gasteiger partial charge in [-0.2, -0.15) is 0 Å². The van der Waals surface area contributed by atoms with Crippen LogP contribution in [0.5, 0.6) is 0 Å². The van der Waals surface area contributed by atoms with Gasteiger partial charge in [0.1, 0.15) is 12.2 Å². The van der Waals surface area contributed by atoms with E-state index in [1.54, 1.807) is 0 Å². The fraction of sp³-hybridized carbons (Fsp3) is 0.950. The molecule has 0 aliphatic carbocycles. The summed E-state index contributed by atoms with van der Waals surface area (Å²) in [6, 6.07) is -0.999. The molecule has 0 bridgehead atoms. The smallest absolute Gasteiger partial charge is 0.249 e. The number of allylic oxidation sites excluding steroid dienone is 2. The fourth-order valence-corrected chi connectivity index (χ4v) is 9.76. The van der Waals surface area contributed by atoms with Crippen LogP contribution in [0, 0.1) is 0 Å². The number of nitrogens with one attached hydrogen (secondary N) is 1. The summed E-state index contributed by atoms with van der Waals surface area (Å²) in [6.45, 7) is 4.09. The highest BCUT2D eigenvalue weighted by Crippen LogP contribution is 2.19. The number of aliphatic hydroxyl groups excluding tert-OH is 4. The Hall–Kier alpha value is -0.950. The highest BCUT2D eigenvalue weighted by Gasteiger charge is 2.28. The van der Waals surface area contributed by atoms with E-state index in [4.69, 9.17) is 0 Å². The molecular formula is C60H119NO5. The molecule has 4 atom stereocenters. The van der Waals surface area contributed by atoms with E-state index < -0.39 is 36.9 Å². The van der Waals surface area contributed by atoms with Gasteiger partial charge in [0.05, 0.1) is 18.8 Å². The van der Waals surface area contributed by atoms with E-state index in [1.807, 2.05) is 0 Å². The summed E-state index contributed by atoms with van der Waals surface area (Å²) in [4.78, 5) is 12.6. The summed E-state index contributed by atoms with van der Waals surface area (Å²) in [5, 5.41) is 44.0. The normalized spacial score (nSPS) is 13.7. The predicted molar refractivity (Wildman–Crippen MR) is 288 cm³/mol. The van der Waals surface area contributed by atoms with Crippen molar-refractivity contribution >= 4 is 5.91 Å². The van der Waals surface area contributed by atoms with Crippen LogP contribution < -0.4 is 5.32 Å². The van der Waals surface area contributed by atoms with Gasteiger partial charge < -0.3 is 25.7 Å². The molecule has 0 aromatic rings. The Balaban J connectivity index is 3.57. The zero-order valence-electron chi connectivity index (χ0n) is 44.7. The van der Waals surface area contributed by atoms with Gasteiger partial charge in [0.15, 0.2) is 0 Å². The van der Waals surface area contributed by atoms with Crippen LogP contribution in [-0.2, 0) is 4.79 Å². The van der Waals surface area contributed by atoms with Gasteiger partial charge in [-0.3, -0.25) is 4.79 Å². The standard InChI is InChI=1S/C60H119NO5/c1-3-5-7-9-11-13-15-17-19-21-23-25-26-27-28-29-30-31-32-33-34-36-38-40-42-44-46-48-50-52-54-58(64)60(66)61-56(55-62)59(65)57(63)53-51-49-47-45-43-41-39-37-35-24-22-20-18-16-14-12-10-8-6-4-2/h45,47,56-59,62-65H,3-44,46,48-55H2,1-2H3,(H,61,66)/b47-45+. The minimum atomic E-state index is -1.28. The highest BCUT2D eigenvalue weighted by molar-refractivity contribution is 5.80. The second-order valence-corrected chi connectivity index (χ2v) is 21.1. The first kappa shape index (κ1) is 65.0. The lowest BCUT2D eigenvalue weighted by Crippen LogP contribution is -2.53. The molecule has 4 unspecified atom stereocenters. The summed E-state index contributed by atoms with van der Waals surface area (Å²) in [5.74, 6) is -0.586. The average molecular weight is 935 g/mol. The van der Waals surface area contributed by atoms with E-state index in [0.717, 1.165) is 38.5 Å². The fourth-order valence-electron chi connectivity index (χ4n) is 9.76. The average Bonchev–Trinajstić information content (AvgIpc) is 3.32. The number of hydrogen-bond acceptors (Lipinski definition) is 5. The Morgan fingerprint density at radius 1 is 0.364 bits per heavy atom. The number of carbonyl (C=O) groups is 1. The maximum Gasteiger partial charge on any atom is 0.249 e. The van der Waals surface area contributed by atoms with Gasteiger partial charge in [0, 0.05) is 0 Å². The molecule has 0 heterocycles. The first-order valence-corrected chi connectivity index (χ1v) is 30.1. The van der Waals surface area contributed by atoms with Gasteiger partial charge in [0.2, 0.25) is 5.91 Å². The van der Waals surface area contributed by atoms with E-state index in [0.29, 0.717) is 12.8 Å². The van der Waals surface area contributed by atoms with E-state index in [-0.39, 0.29) is 0 Å². The quantitative estimate of drug-likeness (QED) is 0.0308. The molecule has 0 saturated carbocycles. The Kier molecular flexibility index (Phi) is 54.2. The zero-order chi connectivity index (χ0) is 48.1. The molecule has 6 nitrogen and oxygen atoms in total. The SMILES string of the molecule is CCCCCCCCCCCCCCCCC/C=C/CCCC(O)C(O)C(CO)NC(=O)C(O)CCCCCCCCCCCCCCCCCCCCCCCCCCCCCCCC. The minimum absolute atomic E-state index is 0.369. The first-order valence-electron chi connectivity index (χ1n) is 30.1. The molecular weight excluding hydrogens is 815 g/mol. The molecule has 0 aromatic carbocycles. The number of carbonyl (C=O) groups excluding carboxylic acids is 1. The van der Waals surface area contributed by atoms with Crippen molar-refractivity contribution in [2.45, 2.75) is 359 Å². The van der Waals surface area contributed by atoms with Crippen LogP contribution in [0.15, 0.2) is 12.2 Å². The number of hydrogen-bond donors (Lipinski definition) is 5. The van der Waals surface area contributed by atoms with Crippen molar-refractivity contribution in [3.05, 3.63) is 12.2 Å². The zero-order valence-corrected chi connectivity index (χ0v) is 44.7. The molecule has 0 aromatic heterocycles. The van der Waals surface area contributed by atoms with Gasteiger partial charge in [-0.25, -0.2) is 0 Å². The monoisotopic (exact) mass is 934 g/mol. The lowest BCUT2D eigenvalue weighted by Gasteiger charge is -2.27. The van der Waals surface area contributed by atoms with E-state index >= 15 is 0 Å². The van der Waals surface area contributed by atoms with E-state index in [2.05, 4.69) is 31.3 Å². The van der Waals surface area contributed by atoms with Gasteiger partial charge in [-0.15, -0.1) is 0 Å². The first-order chi connectivity index (χ1) is 32.5. The largest absolute Gasteiger partial charge is 0.394 e. The van der Waals surface area contributed by atoms with Crippen LogP contribution in [0.4, 0.5) is 0 Å². The van der Waals surface area contributed by atoms with Crippen LogP contribution in [0.25, 0.3) is 0 Å². The number of rotatable bonds is 56. The lowest BCUT2D eigenvalue weighted by molar-refractivity contribution is -0.132. The third-order valence-corrected chi connectivity index (χ3v) is 14.5. The van der Waals surface area contributed by atoms with Crippen LogP contribution in [-0.4, -0.2) is 57.3 Å². The molecule has 0 aliphatic heterocycles. The van der Waals surface area contributed by atoms with Gasteiger partial charge >= 0.3 is 0 Å². The molecule has 6 heteroatoms. The summed E-state index contributed by atoms with van der Waals surface area (Å²) >= 11 is 0. The molecule has 0 radical (unpaired) electrons. The predicted octanol–water partition coefficient (Wildman–Crippen LogP) is 17.6. The van der Waals surface area contributed by atoms with E-state index in [1.165, 1.54) is 270 Å². The molecule has 66 heavy (non-hydrogen) atoms. The Labute approximate surface area is 412 Å². The maximum absolute atomic E-state index is 12.6. The van der Waals surface area contributed by atoms with Crippen molar-refractivity contribution in [3.8, 4) is 0 Å². The summed E-state index contributed by atoms with van der Waals surface area (Å²) in [7, 11) is 0. The lowest BCUT2D eigenvalue weighted by atomic mass is 10.00. The topological polar surface area (TPSA) is 110 Å². The Bertz CT molecular complexity index is 959. The van der Waals surface area contributed by atoms with Crippen molar-refractivity contribution in [3.63, 3.8) is 0 Å². The van der Waals surface area contributed by atoms with Crippen molar-refractivity contribution in [2.24, 2.45) is 0 Å². The molecule has 0 rings (SSSR count). The second kappa shape index (κ2) is 55.0. The van der Waals surface area contributed by atoms with Crippen molar-refractivity contribution in [2.75, 3.05) is 6.61 Å². The third kappa shape index (κ3) is 48.1. The van der Waals surface area contributed by atoms with Gasteiger partial charge in [0.25, 0.3) is 0 Å². The molecule has 0 spiro atoms. The van der Waals surface area contributed by atoms with Crippen LogP contribution in [0.2, 0.25) is 0 Å². The molecule has 5 N–H and O–H groups in total. The molecule has 0 fully saturated rings. The van der Waals surface area contributed by atoms with Gasteiger partial charge in [-0.1, -0.05) is 309 Å². The number of amides is 1. The van der Waals surface area contributed by atoms with E-state index in [9.17, 15) is 25.2 Å². The molecule has 0 saturated heterocycles.